The molecule has 0 aliphatic carbocycles. The van der Waals surface area contributed by atoms with Crippen LogP contribution in [0.25, 0.3) is 0 Å². The second-order valence-corrected chi connectivity index (χ2v) is 14.5. The molecule has 2 aliphatic heterocycles. The second kappa shape index (κ2) is 12.4. The van der Waals surface area contributed by atoms with E-state index in [9.17, 15) is 57.8 Å². The number of rotatable bonds is 4. The van der Waals surface area contributed by atoms with E-state index >= 15 is 0 Å². The molecule has 50 heavy (non-hydrogen) atoms. The number of nitrogens with zero attached hydrogens (tertiary/aromatic N) is 2. The summed E-state index contributed by atoms with van der Waals surface area (Å²) >= 11 is 0. The number of sulfone groups is 1. The van der Waals surface area contributed by atoms with Crippen LogP contribution in [0.4, 0.5) is 55.7 Å². The predicted molar refractivity (Wildman–Crippen MR) is 157 cm³/mol. The van der Waals surface area contributed by atoms with Gasteiger partial charge >= 0.3 is 24.8 Å². The second-order valence-electron chi connectivity index (χ2n) is 12.4. The van der Waals surface area contributed by atoms with Crippen molar-refractivity contribution in [2.45, 2.75) is 67.4 Å². The van der Waals surface area contributed by atoms with E-state index < -0.39 is 104 Å². The number of fused-ring (bicyclic) bond motifs is 2. The number of aliphatic hydroxyl groups excluding tert-OH is 1. The number of anilines is 2. The van der Waals surface area contributed by atoms with Crippen LogP contribution in [0.3, 0.4) is 0 Å². The highest BCUT2D eigenvalue weighted by molar-refractivity contribution is 7.92. The zero-order valence-corrected chi connectivity index (χ0v) is 26.8. The van der Waals surface area contributed by atoms with Gasteiger partial charge in [0.15, 0.2) is 21.3 Å². The van der Waals surface area contributed by atoms with Crippen LogP contribution in [-0.4, -0.2) is 67.0 Å². The highest BCUT2D eigenvalue weighted by Gasteiger charge is 2.50. The molecule has 1 N–H and O–H groups in total. The quantitative estimate of drug-likeness (QED) is 0.272. The minimum absolute atomic E-state index is 0.217. The molecule has 2 heterocycles. The first-order chi connectivity index (χ1) is 22.8. The summed E-state index contributed by atoms with van der Waals surface area (Å²) in [5.74, 6) is -1.94. The Morgan fingerprint density at radius 2 is 1.30 bits per heavy atom. The van der Waals surface area contributed by atoms with Crippen molar-refractivity contribution in [2.24, 2.45) is 0 Å². The van der Waals surface area contributed by atoms with Crippen molar-refractivity contribution in [3.8, 4) is 17.2 Å². The summed E-state index contributed by atoms with van der Waals surface area (Å²) in [6, 6.07) is 5.56. The molecule has 0 unspecified atom stereocenters. The largest absolute Gasteiger partial charge is 0.573 e. The maximum absolute atomic E-state index is 14.0. The molecule has 0 bridgehead atoms. The molecule has 19 heteroatoms. The molecule has 0 spiro atoms. The van der Waals surface area contributed by atoms with Gasteiger partial charge in [0.25, 0.3) is 0 Å². The normalized spacial score (nSPS) is 20.1. The van der Waals surface area contributed by atoms with Crippen LogP contribution in [0.5, 0.6) is 17.2 Å². The minimum atomic E-state index is -5.09. The third-order valence-electron chi connectivity index (χ3n) is 7.66. The molecule has 5 rings (SSSR count). The molecule has 1 saturated heterocycles. The number of halogens is 9. The van der Waals surface area contributed by atoms with Crippen LogP contribution in [0.1, 0.15) is 31.9 Å². The third kappa shape index (κ3) is 7.67. The van der Waals surface area contributed by atoms with Crippen LogP contribution in [0.2, 0.25) is 0 Å². The van der Waals surface area contributed by atoms with E-state index in [1.165, 1.54) is 20.8 Å². The maximum Gasteiger partial charge on any atom is 0.573 e. The molecule has 2 aliphatic rings. The molecule has 1 fully saturated rings. The van der Waals surface area contributed by atoms with E-state index in [2.05, 4.69) is 4.74 Å². The van der Waals surface area contributed by atoms with Crippen molar-refractivity contribution >= 4 is 27.3 Å². The summed E-state index contributed by atoms with van der Waals surface area (Å²) in [6.07, 6.45) is -18.0. The fourth-order valence-electron chi connectivity index (χ4n) is 5.53. The van der Waals surface area contributed by atoms with Crippen molar-refractivity contribution in [1.82, 2.24) is 4.90 Å². The molecule has 0 saturated carbocycles. The van der Waals surface area contributed by atoms with Gasteiger partial charge in [-0.05, 0) is 81.4 Å². The smallest absolute Gasteiger partial charge is 0.453 e. The van der Waals surface area contributed by atoms with Crippen molar-refractivity contribution < 1.29 is 72.0 Å². The Bertz CT molecular complexity index is 1810. The minimum Gasteiger partial charge on any atom is -0.453 e. The molecule has 0 radical (unpaired) electrons. The number of carbonyl (C=O) groups is 1. The lowest BCUT2D eigenvalue weighted by molar-refractivity contribution is -0.274. The Kier molecular flexibility index (Phi) is 9.17. The van der Waals surface area contributed by atoms with Gasteiger partial charge in [0.05, 0.1) is 39.5 Å². The summed E-state index contributed by atoms with van der Waals surface area (Å²) in [6.45, 7) is 3.24. The van der Waals surface area contributed by atoms with Crippen molar-refractivity contribution in [3.05, 3.63) is 71.8 Å². The number of likely N-dealkylation sites (tertiary alicyclic amines) is 1. The highest BCUT2D eigenvalue weighted by atomic mass is 32.2. The molecular weight excluding hydrogens is 715 g/mol. The highest BCUT2D eigenvalue weighted by Crippen LogP contribution is 2.52. The van der Waals surface area contributed by atoms with E-state index in [-0.39, 0.29) is 11.4 Å². The van der Waals surface area contributed by atoms with Crippen molar-refractivity contribution in [2.75, 3.05) is 18.0 Å². The van der Waals surface area contributed by atoms with Gasteiger partial charge in [-0.15, -0.1) is 13.2 Å². The van der Waals surface area contributed by atoms with Gasteiger partial charge in [0.1, 0.15) is 16.6 Å². The van der Waals surface area contributed by atoms with E-state index in [0.717, 1.165) is 34.1 Å². The number of hydrogen-bond donors (Lipinski definition) is 1. The van der Waals surface area contributed by atoms with Crippen molar-refractivity contribution in [3.63, 3.8) is 0 Å². The summed E-state index contributed by atoms with van der Waals surface area (Å²) in [7, 11) is -4.75. The average molecular weight is 743 g/mol. The predicted octanol–water partition coefficient (Wildman–Crippen LogP) is 7.69. The van der Waals surface area contributed by atoms with Gasteiger partial charge in [0.2, 0.25) is 0 Å². The van der Waals surface area contributed by atoms with E-state index in [4.69, 9.17) is 9.47 Å². The Morgan fingerprint density at radius 1 is 0.800 bits per heavy atom. The number of ether oxygens (including phenoxy) is 3. The number of aliphatic hydroxyl groups is 1. The summed E-state index contributed by atoms with van der Waals surface area (Å²) in [5.41, 5.74) is -4.02. The van der Waals surface area contributed by atoms with Crippen LogP contribution in [-0.2, 0) is 26.9 Å². The Labute approximate surface area is 278 Å². The molecule has 3 atom stereocenters. The summed E-state index contributed by atoms with van der Waals surface area (Å²) < 4.78 is 163. The lowest BCUT2D eigenvalue weighted by atomic mass is 9.96. The first-order valence-electron chi connectivity index (χ1n) is 14.5. The number of carbonyl (C=O) groups excluding carboxylic acids is 1. The summed E-state index contributed by atoms with van der Waals surface area (Å²) in [5, 5.41) is 9.82. The van der Waals surface area contributed by atoms with Gasteiger partial charge in [0, 0.05) is 13.1 Å². The van der Waals surface area contributed by atoms with Crippen LogP contribution in [0.15, 0.2) is 65.6 Å². The first-order valence-corrected chi connectivity index (χ1v) is 16.0. The van der Waals surface area contributed by atoms with Gasteiger partial charge in [-0.2, -0.15) is 26.3 Å². The molecule has 1 amide bonds. The Balaban J connectivity index is 1.65. The number of alkyl halides is 9. The zero-order chi connectivity index (χ0) is 37.2. The van der Waals surface area contributed by atoms with Gasteiger partial charge in [-0.1, -0.05) is 0 Å². The van der Waals surface area contributed by atoms with Gasteiger partial charge in [-0.3, -0.25) is 0 Å². The zero-order valence-electron chi connectivity index (χ0n) is 26.0. The standard InChI is InChI=1S/C31H27F9N2O7S/c1-28(2,3)49-27(44)41-14-22(26(43)25(15-41)50(45,46)19-8-6-18(7-9-19)48-31(38,39)40)42-20-10-4-16(29(32,33)34)12-23(20)47-24-13-17(30(35,36)37)5-11-21(24)42/h4-13,22,25-26,43H,14-15H2,1-3H3/t22-,25+,26+/m0/s1. The fraction of sp³-hybridized carbons (Fsp3) is 0.387. The molecule has 3 aromatic rings. The fourth-order valence-corrected chi connectivity index (χ4v) is 7.32. The van der Waals surface area contributed by atoms with Crippen LogP contribution < -0.4 is 14.4 Å². The van der Waals surface area contributed by atoms with E-state index in [0.29, 0.717) is 36.4 Å². The Morgan fingerprint density at radius 3 is 1.74 bits per heavy atom. The number of benzene rings is 3. The van der Waals surface area contributed by atoms with E-state index in [1.807, 2.05) is 0 Å². The number of piperidine rings is 1. The maximum atomic E-state index is 14.0. The molecule has 3 aromatic carbocycles. The molecule has 0 aromatic heterocycles. The molecule has 272 valence electrons. The van der Waals surface area contributed by atoms with Crippen LogP contribution in [0, 0.1) is 0 Å². The van der Waals surface area contributed by atoms with Gasteiger partial charge < -0.3 is 29.1 Å². The summed E-state index contributed by atoms with van der Waals surface area (Å²) in [4.78, 5) is 14.7. The third-order valence-corrected chi connectivity index (χ3v) is 9.82. The lowest BCUT2D eigenvalue weighted by Gasteiger charge is -2.47. The number of amides is 1. The Hall–Kier alpha value is -4.39. The monoisotopic (exact) mass is 742 g/mol. The average Bonchev–Trinajstić information content (AvgIpc) is 2.97. The van der Waals surface area contributed by atoms with Crippen LogP contribution >= 0.6 is 0 Å². The number of hydrogen-bond acceptors (Lipinski definition) is 8. The molecular formula is C31H27F9N2O7S. The topological polar surface area (TPSA) is 106 Å². The van der Waals surface area contributed by atoms with Crippen molar-refractivity contribution in [1.29, 1.82) is 0 Å². The van der Waals surface area contributed by atoms with E-state index in [1.54, 1.807) is 0 Å². The first kappa shape index (κ1) is 36.9. The van der Waals surface area contributed by atoms with Gasteiger partial charge in [-0.25, -0.2) is 13.2 Å². The molecule has 9 nitrogen and oxygen atoms in total. The SMILES string of the molecule is CC(C)(C)OC(=O)N1C[C@@H](S(=O)(=O)c2ccc(OC(F)(F)F)cc2)[C@H](O)[C@@H](N2c3ccc(C(F)(F)F)cc3Oc3cc(C(F)(F)F)ccc32)C1. The lowest BCUT2D eigenvalue weighted by Crippen LogP contribution is -2.64.